The molecule has 0 radical (unpaired) electrons. The fourth-order valence-corrected chi connectivity index (χ4v) is 3.35. The highest BCUT2D eigenvalue weighted by molar-refractivity contribution is 5.95. The number of H-pyrrole nitrogens is 1. The van der Waals surface area contributed by atoms with Crippen LogP contribution in [0.15, 0.2) is 72.8 Å². The Balaban J connectivity index is 1.72. The summed E-state index contributed by atoms with van der Waals surface area (Å²) in [5.74, 6) is 0.858. The van der Waals surface area contributed by atoms with Crippen molar-refractivity contribution in [3.8, 4) is 11.4 Å². The van der Waals surface area contributed by atoms with E-state index in [1.54, 1.807) is 18.2 Å². The number of aryl methyl sites for hydroxylation is 1. The van der Waals surface area contributed by atoms with E-state index in [1.165, 1.54) is 6.07 Å². The van der Waals surface area contributed by atoms with Gasteiger partial charge in [0.2, 0.25) is 0 Å². The number of anilines is 2. The van der Waals surface area contributed by atoms with Gasteiger partial charge in [-0.3, -0.25) is 10.5 Å². The molecule has 156 valence electrons. The number of halogens is 1. The molecule has 7 heteroatoms. The Hall–Kier alpha value is -4.00. The van der Waals surface area contributed by atoms with E-state index in [9.17, 15) is 4.39 Å². The van der Waals surface area contributed by atoms with Gasteiger partial charge in [0.15, 0.2) is 5.82 Å². The van der Waals surface area contributed by atoms with Crippen LogP contribution in [0.2, 0.25) is 0 Å². The van der Waals surface area contributed by atoms with Crippen LogP contribution in [-0.4, -0.2) is 21.0 Å². The van der Waals surface area contributed by atoms with Crippen molar-refractivity contribution in [2.45, 2.75) is 19.9 Å². The number of rotatable bonds is 7. The Morgan fingerprint density at radius 2 is 1.81 bits per heavy atom. The predicted molar refractivity (Wildman–Crippen MR) is 121 cm³/mol. The summed E-state index contributed by atoms with van der Waals surface area (Å²) in [6.07, 6.45) is 0.796. The van der Waals surface area contributed by atoms with Crippen molar-refractivity contribution in [1.82, 2.24) is 15.2 Å². The zero-order chi connectivity index (χ0) is 21.8. The van der Waals surface area contributed by atoms with E-state index in [2.05, 4.69) is 15.2 Å². The minimum atomic E-state index is -0.323. The number of nitrogens with one attached hydrogen (secondary N) is 2. The zero-order valence-electron chi connectivity index (χ0n) is 17.1. The number of aromatic nitrogens is 3. The summed E-state index contributed by atoms with van der Waals surface area (Å²) in [6.45, 7) is 2.33. The third kappa shape index (κ3) is 4.45. The van der Waals surface area contributed by atoms with Gasteiger partial charge < -0.3 is 10.6 Å². The molecular formula is C24H23FN6. The average molecular weight is 414 g/mol. The molecule has 4 aromatic rings. The van der Waals surface area contributed by atoms with Crippen LogP contribution < -0.4 is 10.6 Å². The maximum absolute atomic E-state index is 14.9. The summed E-state index contributed by atoms with van der Waals surface area (Å²) in [5, 5.41) is 14.9. The van der Waals surface area contributed by atoms with E-state index in [1.807, 2.05) is 60.4 Å². The van der Waals surface area contributed by atoms with Gasteiger partial charge in [-0.25, -0.2) is 9.37 Å². The molecule has 0 atom stereocenters. The van der Waals surface area contributed by atoms with Gasteiger partial charge >= 0.3 is 0 Å². The standard InChI is InChI=1S/C24H23FN6/c1-2-16-8-13-20(25)21(14-16)31(19-11-9-17(10-12-19)23(26)27)15-22-28-24(30-29-22)18-6-4-3-5-7-18/h3-14H,2,15H2,1H3,(H3,26,27)(H,28,29,30). The first-order valence-electron chi connectivity index (χ1n) is 10.0. The van der Waals surface area contributed by atoms with Crippen molar-refractivity contribution in [2.75, 3.05) is 4.90 Å². The molecule has 0 amide bonds. The van der Waals surface area contributed by atoms with Crippen molar-refractivity contribution < 1.29 is 4.39 Å². The molecular weight excluding hydrogens is 391 g/mol. The smallest absolute Gasteiger partial charge is 0.181 e. The van der Waals surface area contributed by atoms with Crippen LogP contribution in [0, 0.1) is 11.2 Å². The van der Waals surface area contributed by atoms with E-state index in [0.29, 0.717) is 29.4 Å². The average Bonchev–Trinajstić information content (AvgIpc) is 3.27. The zero-order valence-corrected chi connectivity index (χ0v) is 17.1. The van der Waals surface area contributed by atoms with E-state index in [4.69, 9.17) is 11.1 Å². The Morgan fingerprint density at radius 3 is 2.48 bits per heavy atom. The topological polar surface area (TPSA) is 94.7 Å². The summed E-state index contributed by atoms with van der Waals surface area (Å²) in [6, 6.07) is 22.0. The summed E-state index contributed by atoms with van der Waals surface area (Å²) in [4.78, 5) is 6.45. The highest BCUT2D eigenvalue weighted by Crippen LogP contribution is 2.31. The molecule has 4 N–H and O–H groups in total. The minimum absolute atomic E-state index is 0.0139. The Bertz CT molecular complexity index is 1180. The number of hydrogen-bond acceptors (Lipinski definition) is 4. The minimum Gasteiger partial charge on any atom is -0.384 e. The number of aromatic amines is 1. The second-order valence-electron chi connectivity index (χ2n) is 7.16. The van der Waals surface area contributed by atoms with E-state index < -0.39 is 0 Å². The molecule has 1 heterocycles. The fraction of sp³-hybridized carbons (Fsp3) is 0.125. The normalized spacial score (nSPS) is 10.8. The van der Waals surface area contributed by atoms with Crippen molar-refractivity contribution in [2.24, 2.45) is 5.73 Å². The summed E-state index contributed by atoms with van der Waals surface area (Å²) < 4.78 is 14.9. The number of nitrogens with two attached hydrogens (primary N) is 1. The molecule has 6 nitrogen and oxygen atoms in total. The van der Waals surface area contributed by atoms with E-state index >= 15 is 0 Å². The lowest BCUT2D eigenvalue weighted by Crippen LogP contribution is -2.19. The molecule has 0 saturated heterocycles. The molecule has 0 fully saturated rings. The molecule has 0 unspecified atom stereocenters. The molecule has 0 aliphatic carbocycles. The quantitative estimate of drug-likeness (QED) is 0.299. The van der Waals surface area contributed by atoms with Gasteiger partial charge in [-0.05, 0) is 48.4 Å². The summed E-state index contributed by atoms with van der Waals surface area (Å²) in [5.41, 5.74) is 9.34. The lowest BCUT2D eigenvalue weighted by atomic mass is 10.1. The second kappa shape index (κ2) is 8.79. The maximum atomic E-state index is 14.9. The molecule has 4 rings (SSSR count). The van der Waals surface area contributed by atoms with Crippen LogP contribution in [0.1, 0.15) is 23.9 Å². The van der Waals surface area contributed by atoms with Crippen LogP contribution in [0.3, 0.4) is 0 Å². The third-order valence-corrected chi connectivity index (χ3v) is 5.07. The van der Waals surface area contributed by atoms with E-state index in [-0.39, 0.29) is 11.7 Å². The second-order valence-corrected chi connectivity index (χ2v) is 7.16. The SMILES string of the molecule is CCc1ccc(F)c(N(Cc2nc(-c3ccccc3)n[nH]2)c2ccc(C(=N)N)cc2)c1. The van der Waals surface area contributed by atoms with Crippen molar-refractivity contribution in [3.63, 3.8) is 0 Å². The summed E-state index contributed by atoms with van der Waals surface area (Å²) >= 11 is 0. The van der Waals surface area contributed by atoms with Crippen LogP contribution in [0.25, 0.3) is 11.4 Å². The molecule has 0 bridgehead atoms. The van der Waals surface area contributed by atoms with Crippen LogP contribution >= 0.6 is 0 Å². The lowest BCUT2D eigenvalue weighted by Gasteiger charge is -2.25. The van der Waals surface area contributed by atoms with Gasteiger partial charge in [-0.2, -0.15) is 5.10 Å². The molecule has 0 saturated carbocycles. The first-order chi connectivity index (χ1) is 15.0. The number of nitrogens with zero attached hydrogens (tertiary/aromatic N) is 3. The number of hydrogen-bond donors (Lipinski definition) is 3. The van der Waals surface area contributed by atoms with Crippen LogP contribution in [0.4, 0.5) is 15.8 Å². The molecule has 3 aromatic carbocycles. The largest absolute Gasteiger partial charge is 0.384 e. The summed E-state index contributed by atoms with van der Waals surface area (Å²) in [7, 11) is 0. The van der Waals surface area contributed by atoms with Gasteiger partial charge in [0, 0.05) is 16.8 Å². The van der Waals surface area contributed by atoms with Crippen molar-refractivity contribution in [3.05, 3.63) is 95.6 Å². The van der Waals surface area contributed by atoms with Gasteiger partial charge in [-0.1, -0.05) is 43.3 Å². The fourth-order valence-electron chi connectivity index (χ4n) is 3.35. The highest BCUT2D eigenvalue weighted by Gasteiger charge is 2.18. The van der Waals surface area contributed by atoms with E-state index in [0.717, 1.165) is 23.2 Å². The number of benzene rings is 3. The van der Waals surface area contributed by atoms with Gasteiger partial charge in [-0.15, -0.1) is 0 Å². The lowest BCUT2D eigenvalue weighted by molar-refractivity contribution is 0.623. The highest BCUT2D eigenvalue weighted by atomic mass is 19.1. The predicted octanol–water partition coefficient (Wildman–Crippen LogP) is 4.80. The molecule has 31 heavy (non-hydrogen) atoms. The van der Waals surface area contributed by atoms with Crippen molar-refractivity contribution >= 4 is 17.2 Å². The molecule has 0 aliphatic heterocycles. The first-order valence-corrected chi connectivity index (χ1v) is 10.0. The van der Waals surface area contributed by atoms with Gasteiger partial charge in [0.1, 0.15) is 17.5 Å². The Morgan fingerprint density at radius 1 is 1.06 bits per heavy atom. The maximum Gasteiger partial charge on any atom is 0.181 e. The van der Waals surface area contributed by atoms with Crippen molar-refractivity contribution in [1.29, 1.82) is 5.41 Å². The Labute approximate surface area is 180 Å². The number of amidine groups is 1. The monoisotopic (exact) mass is 414 g/mol. The van der Waals surface area contributed by atoms with Crippen LogP contribution in [0.5, 0.6) is 0 Å². The molecule has 0 aliphatic rings. The Kier molecular flexibility index (Phi) is 5.75. The number of nitrogen functional groups attached to an aromatic ring is 1. The molecule has 0 spiro atoms. The van der Waals surface area contributed by atoms with Gasteiger partial charge in [0.25, 0.3) is 0 Å². The molecule has 1 aromatic heterocycles. The van der Waals surface area contributed by atoms with Gasteiger partial charge in [0.05, 0.1) is 12.2 Å². The third-order valence-electron chi connectivity index (χ3n) is 5.07. The van der Waals surface area contributed by atoms with Crippen LogP contribution in [-0.2, 0) is 13.0 Å². The first kappa shape index (κ1) is 20.3.